The average molecular weight is 262 g/mol. The van der Waals surface area contributed by atoms with Crippen molar-refractivity contribution in [1.82, 2.24) is 14.9 Å². The van der Waals surface area contributed by atoms with Crippen molar-refractivity contribution in [2.24, 2.45) is 0 Å². The quantitative estimate of drug-likeness (QED) is 0.854. The van der Waals surface area contributed by atoms with Gasteiger partial charge in [-0.1, -0.05) is 13.3 Å². The fourth-order valence-electron chi connectivity index (χ4n) is 1.88. The number of unbranched alkanes of at least 4 members (excludes halogenated alkanes) is 1. The number of hydrogen-bond donors (Lipinski definition) is 1. The highest BCUT2D eigenvalue weighted by atomic mass is 16.2. The summed E-state index contributed by atoms with van der Waals surface area (Å²) in [6.07, 6.45) is 4.46. The van der Waals surface area contributed by atoms with Crippen molar-refractivity contribution in [2.75, 3.05) is 18.9 Å². The molecule has 2 rings (SSSR count). The third-order valence-corrected chi connectivity index (χ3v) is 3.18. The average Bonchev–Trinajstić information content (AvgIpc) is 3.18. The number of nitrogens with zero attached hydrogens (tertiary/aromatic N) is 3. The Hall–Kier alpha value is -1.65. The molecular formula is C14H22N4O. The van der Waals surface area contributed by atoms with Crippen LogP contribution in [-0.4, -0.2) is 40.4 Å². The number of aryl methyl sites for hydroxylation is 1. The molecule has 0 spiro atoms. The van der Waals surface area contributed by atoms with Crippen LogP contribution in [0.25, 0.3) is 0 Å². The smallest absolute Gasteiger partial charge is 0.272 e. The maximum absolute atomic E-state index is 12.3. The number of nitrogens with one attached hydrogen (secondary N) is 1. The summed E-state index contributed by atoms with van der Waals surface area (Å²) >= 11 is 0. The van der Waals surface area contributed by atoms with Crippen LogP contribution >= 0.6 is 0 Å². The van der Waals surface area contributed by atoms with E-state index in [4.69, 9.17) is 0 Å². The molecule has 0 atom stereocenters. The van der Waals surface area contributed by atoms with Crippen LogP contribution in [0.15, 0.2) is 6.07 Å². The van der Waals surface area contributed by atoms with Crippen molar-refractivity contribution in [3.05, 3.63) is 17.6 Å². The van der Waals surface area contributed by atoms with Gasteiger partial charge in [0.2, 0.25) is 0 Å². The number of carbonyl (C=O) groups is 1. The molecule has 5 heteroatoms. The molecule has 1 heterocycles. The predicted molar refractivity (Wildman–Crippen MR) is 75.3 cm³/mol. The molecule has 0 radical (unpaired) electrons. The lowest BCUT2D eigenvalue weighted by Crippen LogP contribution is -2.29. The van der Waals surface area contributed by atoms with Gasteiger partial charge in [0.15, 0.2) is 0 Å². The molecule has 19 heavy (non-hydrogen) atoms. The second-order valence-corrected chi connectivity index (χ2v) is 5.18. The van der Waals surface area contributed by atoms with Gasteiger partial charge in [0.05, 0.1) is 0 Å². The predicted octanol–water partition coefficient (Wildman–Crippen LogP) is 2.23. The minimum absolute atomic E-state index is 0.0298. The number of hydrogen-bond acceptors (Lipinski definition) is 4. The molecule has 1 amide bonds. The van der Waals surface area contributed by atoms with Gasteiger partial charge in [-0.2, -0.15) is 0 Å². The molecule has 1 saturated carbocycles. The minimum Gasteiger partial charge on any atom is -0.367 e. The molecule has 5 nitrogen and oxygen atoms in total. The van der Waals surface area contributed by atoms with E-state index in [0.717, 1.165) is 25.2 Å². The van der Waals surface area contributed by atoms with Gasteiger partial charge in [0.25, 0.3) is 5.91 Å². The van der Waals surface area contributed by atoms with Crippen LogP contribution in [0.4, 0.5) is 5.82 Å². The highest BCUT2D eigenvalue weighted by Gasteiger charge is 2.22. The summed E-state index contributed by atoms with van der Waals surface area (Å²) in [6.45, 7) is 4.70. The molecule has 0 saturated heterocycles. The molecule has 0 unspecified atom stereocenters. The lowest BCUT2D eigenvalue weighted by molar-refractivity contribution is 0.0787. The lowest BCUT2D eigenvalue weighted by Gasteiger charge is -2.16. The van der Waals surface area contributed by atoms with Gasteiger partial charge in [-0.3, -0.25) is 4.79 Å². The second-order valence-electron chi connectivity index (χ2n) is 5.18. The summed E-state index contributed by atoms with van der Waals surface area (Å²) < 4.78 is 0. The number of aromatic nitrogens is 2. The molecule has 0 aliphatic heterocycles. The number of amides is 1. The fourth-order valence-corrected chi connectivity index (χ4v) is 1.88. The van der Waals surface area contributed by atoms with E-state index in [1.807, 2.05) is 14.0 Å². The summed E-state index contributed by atoms with van der Waals surface area (Å²) in [5.41, 5.74) is 0.481. The Morgan fingerprint density at radius 1 is 1.47 bits per heavy atom. The Labute approximate surface area is 114 Å². The first-order valence-corrected chi connectivity index (χ1v) is 6.98. The second kappa shape index (κ2) is 5.99. The van der Waals surface area contributed by atoms with E-state index in [2.05, 4.69) is 22.2 Å². The Morgan fingerprint density at radius 3 is 2.84 bits per heavy atom. The third kappa shape index (κ3) is 3.91. The Balaban J connectivity index is 2.08. The highest BCUT2D eigenvalue weighted by molar-refractivity contribution is 5.92. The standard InChI is InChI=1S/C14H22N4O/c1-4-5-8-18(3)14(19)12-9-13(16-10(2)15-12)17-11-6-7-11/h9,11H,4-8H2,1-3H3,(H,15,16,17). The molecule has 0 bridgehead atoms. The Morgan fingerprint density at radius 2 is 2.21 bits per heavy atom. The maximum Gasteiger partial charge on any atom is 0.272 e. The summed E-state index contributed by atoms with van der Waals surface area (Å²) in [4.78, 5) is 22.6. The first-order chi connectivity index (χ1) is 9.10. The van der Waals surface area contributed by atoms with Crippen LogP contribution < -0.4 is 5.32 Å². The monoisotopic (exact) mass is 262 g/mol. The van der Waals surface area contributed by atoms with Gasteiger partial charge in [0.1, 0.15) is 17.3 Å². The van der Waals surface area contributed by atoms with Crippen LogP contribution in [-0.2, 0) is 0 Å². The topological polar surface area (TPSA) is 58.1 Å². The first kappa shape index (κ1) is 13.8. The minimum atomic E-state index is -0.0298. The maximum atomic E-state index is 12.3. The zero-order chi connectivity index (χ0) is 13.8. The van der Waals surface area contributed by atoms with E-state index in [1.54, 1.807) is 11.0 Å². The largest absolute Gasteiger partial charge is 0.367 e. The number of carbonyl (C=O) groups excluding carboxylic acids is 1. The van der Waals surface area contributed by atoms with Crippen molar-refractivity contribution in [2.45, 2.75) is 45.6 Å². The first-order valence-electron chi connectivity index (χ1n) is 6.98. The van der Waals surface area contributed by atoms with E-state index < -0.39 is 0 Å². The van der Waals surface area contributed by atoms with E-state index in [0.29, 0.717) is 17.6 Å². The highest BCUT2D eigenvalue weighted by Crippen LogP contribution is 2.24. The van der Waals surface area contributed by atoms with Gasteiger partial charge in [-0.05, 0) is 26.2 Å². The third-order valence-electron chi connectivity index (χ3n) is 3.18. The van der Waals surface area contributed by atoms with Crippen LogP contribution in [0.2, 0.25) is 0 Å². The molecule has 1 fully saturated rings. The van der Waals surface area contributed by atoms with E-state index in [9.17, 15) is 4.79 Å². The normalized spacial score (nSPS) is 14.3. The zero-order valence-electron chi connectivity index (χ0n) is 11.9. The van der Waals surface area contributed by atoms with Crippen LogP contribution in [0.5, 0.6) is 0 Å². The molecule has 1 aliphatic carbocycles. The van der Waals surface area contributed by atoms with Crippen LogP contribution in [0.1, 0.15) is 48.9 Å². The molecule has 0 aromatic carbocycles. The van der Waals surface area contributed by atoms with Crippen LogP contribution in [0.3, 0.4) is 0 Å². The van der Waals surface area contributed by atoms with Crippen LogP contribution in [0, 0.1) is 6.92 Å². The Bertz CT molecular complexity index is 457. The molecule has 1 aromatic heterocycles. The molecule has 1 N–H and O–H groups in total. The van der Waals surface area contributed by atoms with Gasteiger partial charge in [0, 0.05) is 25.7 Å². The van der Waals surface area contributed by atoms with Crippen molar-refractivity contribution >= 4 is 11.7 Å². The van der Waals surface area contributed by atoms with Gasteiger partial charge in [-0.15, -0.1) is 0 Å². The zero-order valence-corrected chi connectivity index (χ0v) is 11.9. The molecular weight excluding hydrogens is 240 g/mol. The van der Waals surface area contributed by atoms with Gasteiger partial charge >= 0.3 is 0 Å². The van der Waals surface area contributed by atoms with Gasteiger partial charge in [-0.25, -0.2) is 9.97 Å². The summed E-state index contributed by atoms with van der Waals surface area (Å²) in [7, 11) is 1.82. The van der Waals surface area contributed by atoms with Crippen molar-refractivity contribution in [1.29, 1.82) is 0 Å². The molecule has 104 valence electrons. The SMILES string of the molecule is CCCCN(C)C(=O)c1cc(NC2CC2)nc(C)n1. The van der Waals surface area contributed by atoms with E-state index in [-0.39, 0.29) is 5.91 Å². The Kier molecular flexibility index (Phi) is 4.35. The summed E-state index contributed by atoms with van der Waals surface area (Å²) in [5, 5.41) is 3.31. The van der Waals surface area contributed by atoms with Gasteiger partial charge < -0.3 is 10.2 Å². The summed E-state index contributed by atoms with van der Waals surface area (Å²) in [6, 6.07) is 2.28. The van der Waals surface area contributed by atoms with Crippen molar-refractivity contribution in [3.63, 3.8) is 0 Å². The molecule has 1 aromatic rings. The van der Waals surface area contributed by atoms with Crippen molar-refractivity contribution in [3.8, 4) is 0 Å². The number of anilines is 1. The van der Waals surface area contributed by atoms with E-state index in [1.165, 1.54) is 12.8 Å². The van der Waals surface area contributed by atoms with Crippen molar-refractivity contribution < 1.29 is 4.79 Å². The number of rotatable bonds is 6. The molecule has 1 aliphatic rings. The van der Waals surface area contributed by atoms with E-state index >= 15 is 0 Å². The summed E-state index contributed by atoms with van der Waals surface area (Å²) in [5.74, 6) is 1.37. The lowest BCUT2D eigenvalue weighted by atomic mass is 10.3. The fraction of sp³-hybridized carbons (Fsp3) is 0.643.